The van der Waals surface area contributed by atoms with Gasteiger partial charge in [0.05, 0.1) is 29.3 Å². The van der Waals surface area contributed by atoms with Gasteiger partial charge in [-0.2, -0.15) is 4.98 Å². The summed E-state index contributed by atoms with van der Waals surface area (Å²) >= 11 is 0. The number of piperazine rings is 1. The molecule has 2 amide bonds. The lowest BCUT2D eigenvalue weighted by atomic mass is 9.83. The maximum absolute atomic E-state index is 13.1. The second-order valence-electron chi connectivity index (χ2n) is 18.8. The number of ether oxygens (including phenoxy) is 1. The third-order valence-electron chi connectivity index (χ3n) is 14.2. The van der Waals surface area contributed by atoms with E-state index in [0.29, 0.717) is 42.6 Å². The van der Waals surface area contributed by atoms with Crippen LogP contribution in [0.4, 0.5) is 5.95 Å². The van der Waals surface area contributed by atoms with Gasteiger partial charge in [-0.15, -0.1) is 0 Å². The van der Waals surface area contributed by atoms with Crippen molar-refractivity contribution in [1.29, 1.82) is 0 Å². The molecule has 3 N–H and O–H groups in total. The number of imidazole rings is 1. The average Bonchev–Trinajstić information content (AvgIpc) is 3.73. The molecule has 2 saturated heterocycles. The molecule has 2 atom stereocenters. The van der Waals surface area contributed by atoms with E-state index < -0.39 is 17.6 Å². The fourth-order valence-electron chi connectivity index (χ4n) is 10.3. The van der Waals surface area contributed by atoms with Gasteiger partial charge in [-0.25, -0.2) is 9.78 Å². The number of aromatic nitrogens is 5. The predicted octanol–water partition coefficient (Wildman–Crippen LogP) is 6.10. The van der Waals surface area contributed by atoms with Crippen molar-refractivity contribution in [3.05, 3.63) is 76.5 Å². The summed E-state index contributed by atoms with van der Waals surface area (Å²) in [7, 11) is 1.73. The average molecular weight is 846 g/mol. The minimum Gasteiger partial charge on any atom is -0.390 e. The number of aryl methyl sites for hydroxylation is 1. The highest BCUT2D eigenvalue weighted by Crippen LogP contribution is 2.40. The maximum Gasteiger partial charge on any atom is 0.329 e. The van der Waals surface area contributed by atoms with Crippen LogP contribution in [0.15, 0.2) is 59.7 Å². The lowest BCUT2D eigenvalue weighted by Gasteiger charge is -2.46. The number of rotatable bonds is 14. The Hall–Kier alpha value is -4.89. The number of nitrogens with one attached hydrogen (secondary N) is 2. The van der Waals surface area contributed by atoms with E-state index in [-0.39, 0.29) is 24.1 Å². The summed E-state index contributed by atoms with van der Waals surface area (Å²) in [5.74, 6) is -0.0393. The van der Waals surface area contributed by atoms with Gasteiger partial charge in [0.15, 0.2) is 0 Å². The van der Waals surface area contributed by atoms with Crippen LogP contribution in [-0.2, 0) is 34.3 Å². The standard InChI is InChI=1S/C48H63N9O5/c1-5-6-31(2)50-46-49-28-38-39(30-56(44(38)52-46)35-15-18-48(3,61)19-16-35)34-10-7-33(8-11-34)29-54-20-22-55(23-21-54)36-26-37(27-36)62-24-17-32-9-12-40-42(25-32)53(4)47(60)57(40)41-13-14-43(58)51-45(41)59/h7-12,25,28,30-31,35-37,41,61H,5-6,13-24,26-27,29H2,1-4H3,(H,49,50,52)(H,51,58,59)/t31-,35?,36?,37?,41?,48?/m0/s1. The van der Waals surface area contributed by atoms with Crippen molar-refractivity contribution in [1.82, 2.24) is 38.8 Å². The van der Waals surface area contributed by atoms with Crippen molar-refractivity contribution in [2.45, 2.75) is 134 Å². The van der Waals surface area contributed by atoms with E-state index in [1.54, 1.807) is 11.6 Å². The summed E-state index contributed by atoms with van der Waals surface area (Å²) in [5.41, 5.74) is 6.33. The molecule has 9 rings (SSSR count). The summed E-state index contributed by atoms with van der Waals surface area (Å²) in [6.45, 7) is 12.1. The third-order valence-corrected chi connectivity index (χ3v) is 14.2. The first-order valence-corrected chi connectivity index (χ1v) is 23.0. The second-order valence-corrected chi connectivity index (χ2v) is 18.8. The Labute approximate surface area is 363 Å². The third kappa shape index (κ3) is 8.84. The first kappa shape index (κ1) is 42.4. The number of amides is 2. The highest BCUT2D eigenvalue weighted by Gasteiger charge is 2.36. The van der Waals surface area contributed by atoms with Crippen molar-refractivity contribution in [2.75, 3.05) is 38.1 Å². The van der Waals surface area contributed by atoms with Gasteiger partial charge in [0.1, 0.15) is 11.7 Å². The molecule has 0 spiro atoms. The first-order chi connectivity index (χ1) is 29.9. The Bertz CT molecular complexity index is 2460. The molecule has 1 unspecified atom stereocenters. The Kier molecular flexibility index (Phi) is 12.1. The number of anilines is 1. The van der Waals surface area contributed by atoms with Gasteiger partial charge in [-0.05, 0) is 100 Å². The van der Waals surface area contributed by atoms with E-state index in [1.807, 2.05) is 31.3 Å². The SMILES string of the molecule is CCC[C@H](C)Nc1ncc2c(-c3ccc(CN4CCN(C5CC(OCCc6ccc7c(c6)n(C)c(=O)n7C6CCC(=O)NC6=O)C5)CC4)cc3)cn(C3CCC(C)(O)CC3)c2n1. The number of piperidine rings is 1. The molecule has 2 aromatic carbocycles. The van der Waals surface area contributed by atoms with E-state index in [9.17, 15) is 19.5 Å². The van der Waals surface area contributed by atoms with Crippen molar-refractivity contribution < 1.29 is 19.4 Å². The summed E-state index contributed by atoms with van der Waals surface area (Å²) in [5, 5.41) is 17.6. The van der Waals surface area contributed by atoms with Crippen LogP contribution in [0.25, 0.3) is 33.2 Å². The summed E-state index contributed by atoms with van der Waals surface area (Å²) < 4.78 is 11.8. The number of benzene rings is 2. The Morgan fingerprint density at radius 1 is 0.968 bits per heavy atom. The molecular formula is C48H63N9O5. The number of imide groups is 1. The zero-order chi connectivity index (χ0) is 43.1. The topological polar surface area (TPSA) is 152 Å². The maximum atomic E-state index is 13.1. The van der Waals surface area contributed by atoms with Crippen LogP contribution in [0.5, 0.6) is 0 Å². The Morgan fingerprint density at radius 2 is 1.71 bits per heavy atom. The highest BCUT2D eigenvalue weighted by atomic mass is 16.5. The van der Waals surface area contributed by atoms with E-state index >= 15 is 0 Å². The molecule has 3 aromatic heterocycles. The molecule has 2 saturated carbocycles. The number of hydrogen-bond donors (Lipinski definition) is 3. The smallest absolute Gasteiger partial charge is 0.329 e. The zero-order valence-corrected chi connectivity index (χ0v) is 36.8. The van der Waals surface area contributed by atoms with Crippen molar-refractivity contribution >= 4 is 39.8 Å². The lowest BCUT2D eigenvalue weighted by Crippen LogP contribution is -2.55. The molecule has 62 heavy (non-hydrogen) atoms. The molecular weight excluding hydrogens is 783 g/mol. The molecule has 330 valence electrons. The van der Waals surface area contributed by atoms with Crippen LogP contribution in [0.2, 0.25) is 0 Å². The molecule has 14 nitrogen and oxygen atoms in total. The van der Waals surface area contributed by atoms with Crippen LogP contribution in [0.3, 0.4) is 0 Å². The highest BCUT2D eigenvalue weighted by molar-refractivity contribution is 6.00. The minimum absolute atomic E-state index is 0.224. The van der Waals surface area contributed by atoms with Crippen LogP contribution in [0, 0.1) is 0 Å². The fourth-order valence-corrected chi connectivity index (χ4v) is 10.3. The quantitative estimate of drug-likeness (QED) is 0.112. The van der Waals surface area contributed by atoms with Crippen molar-refractivity contribution in [3.8, 4) is 11.1 Å². The van der Waals surface area contributed by atoms with Gasteiger partial charge in [-0.1, -0.05) is 43.7 Å². The predicted molar refractivity (Wildman–Crippen MR) is 241 cm³/mol. The molecule has 4 aliphatic rings. The van der Waals surface area contributed by atoms with Crippen LogP contribution in [0.1, 0.15) is 108 Å². The lowest BCUT2D eigenvalue weighted by molar-refractivity contribution is -0.135. The number of fused-ring (bicyclic) bond motifs is 2. The fraction of sp³-hybridized carbons (Fsp3) is 0.562. The van der Waals surface area contributed by atoms with Crippen LogP contribution in [-0.4, -0.2) is 107 Å². The molecule has 5 heterocycles. The van der Waals surface area contributed by atoms with E-state index in [4.69, 9.17) is 14.7 Å². The van der Waals surface area contributed by atoms with Gasteiger partial charge >= 0.3 is 5.69 Å². The number of hydrogen-bond acceptors (Lipinski definition) is 10. The summed E-state index contributed by atoms with van der Waals surface area (Å²) in [6.07, 6.45) is 13.5. The normalized spacial score (nSPS) is 25.6. The molecule has 2 aliphatic carbocycles. The first-order valence-electron chi connectivity index (χ1n) is 23.0. The Balaban J connectivity index is 0.752. The van der Waals surface area contributed by atoms with E-state index in [1.165, 1.54) is 15.7 Å². The van der Waals surface area contributed by atoms with Gasteiger partial charge < -0.3 is 19.7 Å². The van der Waals surface area contributed by atoms with Crippen molar-refractivity contribution in [2.24, 2.45) is 7.05 Å². The van der Waals surface area contributed by atoms with Crippen LogP contribution < -0.4 is 16.3 Å². The van der Waals surface area contributed by atoms with Gasteiger partial charge in [0.25, 0.3) is 0 Å². The molecule has 4 fully saturated rings. The molecule has 2 aliphatic heterocycles. The largest absolute Gasteiger partial charge is 0.390 e. The number of aliphatic hydroxyl groups is 1. The number of carbonyl (C=O) groups is 2. The van der Waals surface area contributed by atoms with Gasteiger partial charge in [0, 0.05) is 87.7 Å². The van der Waals surface area contributed by atoms with Gasteiger partial charge in [0.2, 0.25) is 17.8 Å². The Morgan fingerprint density at radius 3 is 2.44 bits per heavy atom. The molecule has 0 radical (unpaired) electrons. The summed E-state index contributed by atoms with van der Waals surface area (Å²) in [6, 6.07) is 15.5. The molecule has 0 bridgehead atoms. The molecule has 5 aromatic rings. The second kappa shape index (κ2) is 17.7. The molecule has 14 heteroatoms. The minimum atomic E-state index is -0.682. The van der Waals surface area contributed by atoms with Gasteiger partial charge in [-0.3, -0.25) is 33.8 Å². The van der Waals surface area contributed by atoms with E-state index in [0.717, 1.165) is 118 Å². The number of carbonyl (C=O) groups excluding carboxylic acids is 2. The monoisotopic (exact) mass is 845 g/mol. The van der Waals surface area contributed by atoms with Crippen LogP contribution >= 0.6 is 0 Å². The van der Waals surface area contributed by atoms with Crippen molar-refractivity contribution in [3.63, 3.8) is 0 Å². The number of nitrogens with zero attached hydrogens (tertiary/aromatic N) is 7. The zero-order valence-electron chi connectivity index (χ0n) is 36.8. The summed E-state index contributed by atoms with van der Waals surface area (Å²) in [4.78, 5) is 52.4. The van der Waals surface area contributed by atoms with E-state index in [2.05, 4.69) is 69.3 Å².